The number of H-pyrrole nitrogens is 1. The van der Waals surface area contributed by atoms with Gasteiger partial charge in [-0.15, -0.1) is 0 Å². The molecule has 0 spiro atoms. The van der Waals surface area contributed by atoms with Crippen molar-refractivity contribution in [1.29, 1.82) is 0 Å². The molecule has 3 heterocycles. The van der Waals surface area contributed by atoms with Crippen molar-refractivity contribution in [3.63, 3.8) is 0 Å². The summed E-state index contributed by atoms with van der Waals surface area (Å²) in [6.45, 7) is 5.33. The number of para-hydroxylation sites is 1. The summed E-state index contributed by atoms with van der Waals surface area (Å²) in [5.74, 6) is 0.746. The number of rotatable bonds is 13. The van der Waals surface area contributed by atoms with Gasteiger partial charge in [0.25, 0.3) is 0 Å². The van der Waals surface area contributed by atoms with Crippen LogP contribution < -0.4 is 16.2 Å². The van der Waals surface area contributed by atoms with Crippen LogP contribution in [0.15, 0.2) is 83.7 Å². The third-order valence-corrected chi connectivity index (χ3v) is 10.2. The molecular formula is C40H49N5O6. The number of fused-ring (bicyclic) bond motifs is 1. The molecule has 0 unspecified atom stereocenters. The van der Waals surface area contributed by atoms with Crippen LogP contribution in [0.25, 0.3) is 22.0 Å². The summed E-state index contributed by atoms with van der Waals surface area (Å²) in [6, 6.07) is 23.9. The number of amides is 2. The van der Waals surface area contributed by atoms with Gasteiger partial charge in [-0.05, 0) is 86.9 Å². The molecule has 2 saturated heterocycles. The molecular weight excluding hydrogens is 646 g/mol. The van der Waals surface area contributed by atoms with Crippen molar-refractivity contribution in [2.75, 3.05) is 51.1 Å². The number of carbonyl (C=O) groups is 2. The minimum atomic E-state index is -0.825. The Balaban J connectivity index is 0.828. The van der Waals surface area contributed by atoms with Crippen LogP contribution in [0.3, 0.4) is 0 Å². The molecule has 3 aromatic carbocycles. The highest BCUT2D eigenvalue weighted by atomic mass is 16.6. The Morgan fingerprint density at radius 2 is 1.65 bits per heavy atom. The van der Waals surface area contributed by atoms with Crippen molar-refractivity contribution in [2.24, 2.45) is 5.92 Å². The number of piperidine rings is 2. The molecule has 0 aliphatic carbocycles. The first kappa shape index (κ1) is 36.1. The summed E-state index contributed by atoms with van der Waals surface area (Å²) in [4.78, 5) is 44.4. The third kappa shape index (κ3) is 9.75. The molecule has 1 aromatic heterocycles. The van der Waals surface area contributed by atoms with Crippen LogP contribution >= 0.6 is 0 Å². The van der Waals surface area contributed by atoms with E-state index < -0.39 is 12.2 Å². The number of likely N-dealkylation sites (tertiary alicyclic amines) is 2. The number of hydrogen-bond acceptors (Lipinski definition) is 8. The molecule has 2 fully saturated rings. The van der Waals surface area contributed by atoms with Crippen LogP contribution in [0, 0.1) is 5.92 Å². The van der Waals surface area contributed by atoms with Crippen LogP contribution in [0.5, 0.6) is 5.75 Å². The van der Waals surface area contributed by atoms with Gasteiger partial charge in [-0.3, -0.25) is 14.9 Å². The van der Waals surface area contributed by atoms with Gasteiger partial charge in [0, 0.05) is 56.2 Å². The first-order valence-electron chi connectivity index (χ1n) is 18.2. The summed E-state index contributed by atoms with van der Waals surface area (Å²) in [5, 5.41) is 27.6. The lowest BCUT2D eigenvalue weighted by molar-refractivity contribution is -0.132. The van der Waals surface area contributed by atoms with Crippen molar-refractivity contribution in [1.82, 2.24) is 20.1 Å². The van der Waals surface area contributed by atoms with Gasteiger partial charge in [-0.25, -0.2) is 4.79 Å². The number of nitrogens with one attached hydrogen (secondary N) is 3. The minimum Gasteiger partial charge on any atom is -0.506 e. The summed E-state index contributed by atoms with van der Waals surface area (Å²) in [7, 11) is 0. The Labute approximate surface area is 298 Å². The van der Waals surface area contributed by atoms with Gasteiger partial charge >= 0.3 is 6.09 Å². The fourth-order valence-corrected chi connectivity index (χ4v) is 7.26. The lowest BCUT2D eigenvalue weighted by Crippen LogP contribution is -2.41. The van der Waals surface area contributed by atoms with E-state index in [1.165, 1.54) is 12.1 Å². The highest BCUT2D eigenvalue weighted by Crippen LogP contribution is 2.30. The number of nitrogens with zero attached hydrogens (tertiary/aromatic N) is 2. The summed E-state index contributed by atoms with van der Waals surface area (Å²) in [5.41, 5.74) is 3.35. The van der Waals surface area contributed by atoms with Gasteiger partial charge in [0.05, 0.1) is 17.3 Å². The predicted octanol–water partition coefficient (Wildman–Crippen LogP) is 5.65. The first-order chi connectivity index (χ1) is 24.8. The van der Waals surface area contributed by atoms with Crippen LogP contribution in [0.2, 0.25) is 0 Å². The summed E-state index contributed by atoms with van der Waals surface area (Å²) in [6.07, 6.45) is 4.62. The van der Waals surface area contributed by atoms with E-state index in [0.717, 1.165) is 81.6 Å². The maximum atomic E-state index is 12.9. The number of aliphatic hydroxyl groups excluding tert-OH is 1. The second-order valence-corrected chi connectivity index (χ2v) is 13.7. The number of anilines is 1. The van der Waals surface area contributed by atoms with E-state index in [1.54, 1.807) is 12.1 Å². The highest BCUT2D eigenvalue weighted by molar-refractivity contribution is 5.91. The second kappa shape index (κ2) is 17.5. The molecule has 270 valence electrons. The monoisotopic (exact) mass is 695 g/mol. The largest absolute Gasteiger partial charge is 0.506 e. The molecule has 2 aliphatic rings. The van der Waals surface area contributed by atoms with Crippen molar-refractivity contribution < 1.29 is 24.5 Å². The van der Waals surface area contributed by atoms with Crippen molar-refractivity contribution in [3.05, 3.63) is 94.8 Å². The van der Waals surface area contributed by atoms with E-state index in [2.05, 4.69) is 20.5 Å². The average molecular weight is 696 g/mol. The van der Waals surface area contributed by atoms with Crippen LogP contribution in [-0.4, -0.2) is 88.9 Å². The number of aromatic amines is 1. The summed E-state index contributed by atoms with van der Waals surface area (Å²) < 4.78 is 5.81. The number of carbonyl (C=O) groups excluding carboxylic acids is 2. The Bertz CT molecular complexity index is 1820. The molecule has 2 amide bonds. The van der Waals surface area contributed by atoms with Crippen LogP contribution in [-0.2, 0) is 9.53 Å². The lowest BCUT2D eigenvalue weighted by atomic mass is 9.92. The quantitative estimate of drug-likeness (QED) is 0.113. The molecule has 5 N–H and O–H groups in total. The Hall–Kier alpha value is -4.71. The number of aromatic hydroxyl groups is 1. The number of phenols is 1. The fourth-order valence-electron chi connectivity index (χ4n) is 7.26. The smallest absolute Gasteiger partial charge is 0.411 e. The molecule has 0 saturated carbocycles. The lowest BCUT2D eigenvalue weighted by Gasteiger charge is -2.35. The molecule has 11 nitrogen and oxygen atoms in total. The third-order valence-electron chi connectivity index (χ3n) is 10.2. The van der Waals surface area contributed by atoms with E-state index in [-0.39, 0.29) is 23.3 Å². The number of aliphatic hydroxyl groups is 1. The van der Waals surface area contributed by atoms with E-state index in [0.29, 0.717) is 48.3 Å². The Morgan fingerprint density at radius 1 is 0.902 bits per heavy atom. The number of pyridine rings is 1. The molecule has 0 bridgehead atoms. The van der Waals surface area contributed by atoms with Crippen LogP contribution in [0.1, 0.15) is 56.6 Å². The molecule has 6 rings (SSSR count). The zero-order chi connectivity index (χ0) is 35.6. The number of aromatic nitrogens is 1. The van der Waals surface area contributed by atoms with Gasteiger partial charge in [-0.1, -0.05) is 54.6 Å². The molecule has 11 heteroatoms. The second-order valence-electron chi connectivity index (χ2n) is 13.7. The van der Waals surface area contributed by atoms with Crippen molar-refractivity contribution in [2.45, 2.75) is 57.2 Å². The molecule has 0 radical (unpaired) electrons. The number of hydrogen-bond donors (Lipinski definition) is 5. The van der Waals surface area contributed by atoms with Gasteiger partial charge < -0.3 is 35.1 Å². The fraction of sp³-hybridized carbons (Fsp3) is 0.425. The van der Waals surface area contributed by atoms with Crippen molar-refractivity contribution in [3.8, 4) is 16.9 Å². The predicted molar refractivity (Wildman–Crippen MR) is 199 cm³/mol. The van der Waals surface area contributed by atoms with E-state index >= 15 is 0 Å². The van der Waals surface area contributed by atoms with E-state index in [4.69, 9.17) is 4.74 Å². The molecule has 2 aliphatic heterocycles. The average Bonchev–Trinajstić information content (AvgIpc) is 3.15. The standard InChI is InChI=1S/C40H49N5O6/c46-35-14-12-32(33-13-15-37(48)43-39(33)35)36(47)27-41-21-6-11-38(49)45-25-17-28(18-26-45)16-22-44-23-19-30(20-24-44)51-40(50)42-34-10-5-4-9-31(34)29-7-2-1-3-8-29/h1-5,7-10,12-15,28,30,36,41,46-47H,6,11,16-27H2,(H,42,50)(H,43,48)/t36-/m1/s1. The van der Waals surface area contributed by atoms with Crippen molar-refractivity contribution >= 4 is 28.6 Å². The molecule has 1 atom stereocenters. The molecule has 4 aromatic rings. The van der Waals surface area contributed by atoms with Gasteiger partial charge in [-0.2, -0.15) is 0 Å². The maximum Gasteiger partial charge on any atom is 0.411 e. The Kier molecular flexibility index (Phi) is 12.4. The number of ether oxygens (including phenoxy) is 1. The van der Waals surface area contributed by atoms with Crippen LogP contribution in [0.4, 0.5) is 10.5 Å². The van der Waals surface area contributed by atoms with E-state index in [1.807, 2.05) is 59.5 Å². The SMILES string of the molecule is O=C(Nc1ccccc1-c1ccccc1)OC1CCN(CCC2CCN(C(=O)CCCNC[C@@H](O)c3ccc(O)c4[nH]c(=O)ccc34)CC2)CC1. The minimum absolute atomic E-state index is 0.0400. The number of benzene rings is 3. The Morgan fingerprint density at radius 3 is 2.43 bits per heavy atom. The normalized spacial score (nSPS) is 16.6. The maximum absolute atomic E-state index is 12.9. The van der Waals surface area contributed by atoms with Gasteiger partial charge in [0.1, 0.15) is 11.9 Å². The highest BCUT2D eigenvalue weighted by Gasteiger charge is 2.26. The zero-order valence-electron chi connectivity index (χ0n) is 29.1. The van der Waals surface area contributed by atoms with Gasteiger partial charge in [0.2, 0.25) is 11.5 Å². The topological polar surface area (TPSA) is 147 Å². The zero-order valence-corrected chi connectivity index (χ0v) is 29.1. The molecule has 51 heavy (non-hydrogen) atoms. The first-order valence-corrected chi connectivity index (χ1v) is 18.2. The van der Waals surface area contributed by atoms with Gasteiger partial charge in [0.15, 0.2) is 0 Å². The number of phenolic OH excluding ortho intramolecular Hbond substituents is 1. The summed E-state index contributed by atoms with van der Waals surface area (Å²) >= 11 is 0. The van der Waals surface area contributed by atoms with E-state index in [9.17, 15) is 24.6 Å².